The summed E-state index contributed by atoms with van der Waals surface area (Å²) in [4.78, 5) is 12.8. The van der Waals surface area contributed by atoms with E-state index < -0.39 is 5.92 Å². The Hall–Kier alpha value is -2.47. The van der Waals surface area contributed by atoms with E-state index in [1.165, 1.54) is 20.3 Å². The first kappa shape index (κ1) is 15.4. The van der Waals surface area contributed by atoms with Crippen LogP contribution in [-0.4, -0.2) is 42.9 Å². The van der Waals surface area contributed by atoms with E-state index in [1.54, 1.807) is 18.2 Å². The minimum atomic E-state index is -0.559. The number of phenolic OH excluding ortho intramolecular Hbond substituents is 1. The molecule has 0 radical (unpaired) electrons. The molecule has 1 aliphatic heterocycles. The van der Waals surface area contributed by atoms with Gasteiger partial charge in [0.2, 0.25) is 0 Å². The molecule has 0 aromatic heterocycles. The van der Waals surface area contributed by atoms with Crippen molar-refractivity contribution in [2.45, 2.75) is 12.5 Å². The summed E-state index contributed by atoms with van der Waals surface area (Å²) in [6.07, 6.45) is 3.17. The molecular formula is C17H18O6. The van der Waals surface area contributed by atoms with Gasteiger partial charge >= 0.3 is 0 Å². The molecule has 0 saturated heterocycles. The molecule has 3 rings (SSSR count). The number of methoxy groups -OCH3 is 2. The molecule has 122 valence electrons. The van der Waals surface area contributed by atoms with E-state index >= 15 is 0 Å². The molecule has 0 fully saturated rings. The second-order valence-electron chi connectivity index (χ2n) is 5.50. The van der Waals surface area contributed by atoms with Gasteiger partial charge in [0.1, 0.15) is 29.4 Å². The van der Waals surface area contributed by atoms with Crippen molar-refractivity contribution in [3.8, 4) is 17.2 Å². The molecule has 0 amide bonds. The second kappa shape index (κ2) is 5.96. The van der Waals surface area contributed by atoms with Crippen LogP contribution in [0.5, 0.6) is 17.2 Å². The van der Waals surface area contributed by atoms with Gasteiger partial charge in [-0.3, -0.25) is 4.79 Å². The van der Waals surface area contributed by atoms with Crippen LogP contribution in [0.1, 0.15) is 16.8 Å². The fourth-order valence-corrected chi connectivity index (χ4v) is 2.96. The van der Waals surface area contributed by atoms with Gasteiger partial charge in [-0.05, 0) is 11.6 Å². The highest BCUT2D eigenvalue weighted by Crippen LogP contribution is 2.41. The largest absolute Gasteiger partial charge is 0.512 e. The lowest BCUT2D eigenvalue weighted by Crippen LogP contribution is -2.35. The average molecular weight is 318 g/mol. The van der Waals surface area contributed by atoms with Gasteiger partial charge in [0.25, 0.3) is 0 Å². The number of aliphatic hydroxyl groups excluding tert-OH is 1. The van der Waals surface area contributed by atoms with Crippen LogP contribution >= 0.6 is 0 Å². The van der Waals surface area contributed by atoms with Gasteiger partial charge in [-0.25, -0.2) is 0 Å². The summed E-state index contributed by atoms with van der Waals surface area (Å²) in [6, 6.07) is 2.97. The molecule has 2 aliphatic rings. The zero-order valence-corrected chi connectivity index (χ0v) is 12.9. The monoisotopic (exact) mass is 318 g/mol. The number of aliphatic hydroxyl groups is 1. The lowest BCUT2D eigenvalue weighted by Gasteiger charge is -2.31. The van der Waals surface area contributed by atoms with E-state index in [-0.39, 0.29) is 35.6 Å². The summed E-state index contributed by atoms with van der Waals surface area (Å²) in [5.74, 6) is -0.0139. The van der Waals surface area contributed by atoms with Crippen LogP contribution in [0.4, 0.5) is 0 Å². The third kappa shape index (κ3) is 2.66. The summed E-state index contributed by atoms with van der Waals surface area (Å²) in [5, 5.41) is 19.8. The van der Waals surface area contributed by atoms with Crippen molar-refractivity contribution < 1.29 is 29.2 Å². The van der Waals surface area contributed by atoms with Crippen LogP contribution in [-0.2, 0) is 4.74 Å². The molecule has 2 atom stereocenters. The SMILES string of the molecule is COc1cc(O)c2c(c1)OCC(C1=CC=C(O)CC1OC)C2=O. The van der Waals surface area contributed by atoms with Gasteiger partial charge in [0.15, 0.2) is 5.78 Å². The first-order valence-corrected chi connectivity index (χ1v) is 7.25. The molecular weight excluding hydrogens is 300 g/mol. The lowest BCUT2D eigenvalue weighted by molar-refractivity contribution is 0.0753. The number of carbonyl (C=O) groups is 1. The number of phenols is 1. The third-order valence-electron chi connectivity index (χ3n) is 4.18. The van der Waals surface area contributed by atoms with Crippen LogP contribution in [0.25, 0.3) is 0 Å². The number of ketones is 1. The number of hydrogen-bond acceptors (Lipinski definition) is 6. The summed E-state index contributed by atoms with van der Waals surface area (Å²) in [6.45, 7) is 0.152. The fraction of sp³-hybridized carbons (Fsp3) is 0.353. The molecule has 0 saturated carbocycles. The van der Waals surface area contributed by atoms with E-state index in [0.29, 0.717) is 17.9 Å². The molecule has 23 heavy (non-hydrogen) atoms. The minimum Gasteiger partial charge on any atom is -0.512 e. The summed E-state index contributed by atoms with van der Waals surface area (Å²) in [7, 11) is 3.00. The maximum Gasteiger partial charge on any atom is 0.180 e. The Morgan fingerprint density at radius 3 is 2.70 bits per heavy atom. The molecule has 1 heterocycles. The van der Waals surface area contributed by atoms with Crippen molar-refractivity contribution in [2.24, 2.45) is 5.92 Å². The fourth-order valence-electron chi connectivity index (χ4n) is 2.96. The number of rotatable bonds is 3. The first-order valence-electron chi connectivity index (χ1n) is 7.25. The zero-order chi connectivity index (χ0) is 16.6. The van der Waals surface area contributed by atoms with Crippen LogP contribution in [0.15, 0.2) is 35.6 Å². The highest BCUT2D eigenvalue weighted by Gasteiger charge is 2.37. The molecule has 0 spiro atoms. The Morgan fingerprint density at radius 2 is 2.00 bits per heavy atom. The number of hydrogen-bond donors (Lipinski definition) is 2. The van der Waals surface area contributed by atoms with Crippen molar-refractivity contribution in [1.29, 1.82) is 0 Å². The standard InChI is InChI=1S/C17H18O6/c1-21-10-6-13(19)16-15(7-10)23-8-12(17(16)20)11-4-3-9(18)5-14(11)22-2/h3-4,6-7,12,14,18-19H,5,8H2,1-2H3. The molecule has 2 unspecified atom stereocenters. The number of allylic oxidation sites excluding steroid dienone is 2. The Balaban J connectivity index is 1.98. The summed E-state index contributed by atoms with van der Waals surface area (Å²) in [5.41, 5.74) is 0.882. The quantitative estimate of drug-likeness (QED) is 0.890. The Morgan fingerprint density at radius 1 is 1.22 bits per heavy atom. The van der Waals surface area contributed by atoms with Gasteiger partial charge in [0.05, 0.1) is 24.9 Å². The number of aromatic hydroxyl groups is 1. The molecule has 1 aromatic rings. The van der Waals surface area contributed by atoms with Crippen molar-refractivity contribution in [1.82, 2.24) is 0 Å². The van der Waals surface area contributed by atoms with Gasteiger partial charge in [-0.15, -0.1) is 0 Å². The molecule has 0 bridgehead atoms. The topological polar surface area (TPSA) is 85.2 Å². The Kier molecular flexibility index (Phi) is 4.00. The van der Waals surface area contributed by atoms with E-state index in [2.05, 4.69) is 0 Å². The molecule has 1 aromatic carbocycles. The predicted octanol–water partition coefficient (Wildman–Crippen LogP) is 2.38. The molecule has 1 aliphatic carbocycles. The van der Waals surface area contributed by atoms with Crippen LogP contribution in [0.3, 0.4) is 0 Å². The van der Waals surface area contributed by atoms with Gasteiger partial charge < -0.3 is 24.4 Å². The van der Waals surface area contributed by atoms with E-state index in [9.17, 15) is 15.0 Å². The minimum absolute atomic E-state index is 0.150. The normalized spacial score (nSPS) is 23.5. The zero-order valence-electron chi connectivity index (χ0n) is 12.9. The highest BCUT2D eigenvalue weighted by atomic mass is 16.5. The van der Waals surface area contributed by atoms with Crippen LogP contribution in [0, 0.1) is 5.92 Å². The first-order chi connectivity index (χ1) is 11.0. The summed E-state index contributed by atoms with van der Waals surface area (Å²) >= 11 is 0. The van der Waals surface area contributed by atoms with Crippen LogP contribution in [0.2, 0.25) is 0 Å². The predicted molar refractivity (Wildman–Crippen MR) is 82.2 cm³/mol. The number of carbonyl (C=O) groups excluding carboxylic acids is 1. The van der Waals surface area contributed by atoms with E-state index in [1.807, 2.05) is 0 Å². The Bertz CT molecular complexity index is 703. The average Bonchev–Trinajstić information content (AvgIpc) is 2.55. The number of benzene rings is 1. The molecule has 2 N–H and O–H groups in total. The van der Waals surface area contributed by atoms with Crippen molar-refractivity contribution in [3.63, 3.8) is 0 Å². The molecule has 6 heteroatoms. The smallest absolute Gasteiger partial charge is 0.180 e. The van der Waals surface area contributed by atoms with Gasteiger partial charge in [0, 0.05) is 25.7 Å². The second-order valence-corrected chi connectivity index (χ2v) is 5.50. The lowest BCUT2D eigenvalue weighted by atomic mass is 9.82. The van der Waals surface area contributed by atoms with E-state index in [0.717, 1.165) is 5.57 Å². The maximum absolute atomic E-state index is 12.8. The maximum atomic E-state index is 12.8. The summed E-state index contributed by atoms with van der Waals surface area (Å²) < 4.78 is 16.1. The third-order valence-corrected chi connectivity index (χ3v) is 4.18. The molecule has 6 nitrogen and oxygen atoms in total. The number of ether oxygens (including phenoxy) is 3. The highest BCUT2D eigenvalue weighted by molar-refractivity contribution is 6.05. The number of Topliss-reactive ketones (excluding diaryl/α,β-unsaturated/α-hetero) is 1. The van der Waals surface area contributed by atoms with Crippen LogP contribution < -0.4 is 9.47 Å². The van der Waals surface area contributed by atoms with Gasteiger partial charge in [-0.2, -0.15) is 0 Å². The van der Waals surface area contributed by atoms with Gasteiger partial charge in [-0.1, -0.05) is 6.08 Å². The van der Waals surface area contributed by atoms with Crippen molar-refractivity contribution in [3.05, 3.63) is 41.2 Å². The van der Waals surface area contributed by atoms with Crippen molar-refractivity contribution >= 4 is 5.78 Å². The van der Waals surface area contributed by atoms with E-state index in [4.69, 9.17) is 14.2 Å². The number of fused-ring (bicyclic) bond motifs is 1. The van der Waals surface area contributed by atoms with Crippen molar-refractivity contribution in [2.75, 3.05) is 20.8 Å². The Labute approximate surface area is 133 Å².